The number of esters is 5. The molecule has 0 bridgehead atoms. The van der Waals surface area contributed by atoms with Gasteiger partial charge in [0.25, 0.3) is 0 Å². The standard InChI is InChI=1S/C33H59N2O10.2CH4.2ClH/c1-6-7-8-15-18-30(45-32(39)25-34-21-23-41-28(2)36)19-16-13-11-9-10-12-14-17-20-31(38)43-27-44-33(40)26-35(4,5)22-24-42-29(3)37;;;;/h13,16,30,34H,6-12,14-15,17-27H2,1-5H3;2*1H4;2*1H/q+1;;;;/p-2/b16-13-;;;;. The van der Waals surface area contributed by atoms with Crippen LogP contribution in [0.2, 0.25) is 0 Å². The maximum atomic E-state index is 12.2. The van der Waals surface area contributed by atoms with Crippen molar-refractivity contribution >= 4 is 29.8 Å². The van der Waals surface area contributed by atoms with Crippen LogP contribution in [-0.2, 0) is 47.7 Å². The second-order valence-electron chi connectivity index (χ2n) is 11.8. The van der Waals surface area contributed by atoms with E-state index in [2.05, 4.69) is 24.4 Å². The summed E-state index contributed by atoms with van der Waals surface area (Å²) in [4.78, 5) is 57.8. The topological polar surface area (TPSA) is 144 Å². The number of rotatable bonds is 28. The number of unbranched alkanes of at least 4 members (excludes halogenated alkanes) is 8. The lowest BCUT2D eigenvalue weighted by molar-refractivity contribution is -0.883. The predicted molar refractivity (Wildman–Crippen MR) is 183 cm³/mol. The summed E-state index contributed by atoms with van der Waals surface area (Å²) >= 11 is 0. The molecule has 0 aromatic carbocycles. The normalized spacial score (nSPS) is 11.0. The third kappa shape index (κ3) is 39.9. The van der Waals surface area contributed by atoms with Crippen LogP contribution in [-0.4, -0.2) is 101 Å². The molecule has 0 saturated carbocycles. The Bertz CT molecular complexity index is 888. The zero-order valence-electron chi connectivity index (χ0n) is 29.2. The van der Waals surface area contributed by atoms with Gasteiger partial charge < -0.3 is 58.3 Å². The number of hydrogen-bond acceptors (Lipinski definition) is 11. The van der Waals surface area contributed by atoms with Crippen molar-refractivity contribution in [3.63, 3.8) is 0 Å². The largest absolute Gasteiger partial charge is 1.00 e. The summed E-state index contributed by atoms with van der Waals surface area (Å²) in [6.45, 7) is 5.89. The van der Waals surface area contributed by atoms with Crippen LogP contribution in [0.3, 0.4) is 0 Å². The van der Waals surface area contributed by atoms with Crippen molar-refractivity contribution in [2.24, 2.45) is 0 Å². The van der Waals surface area contributed by atoms with Gasteiger partial charge in [0, 0.05) is 33.2 Å². The summed E-state index contributed by atoms with van der Waals surface area (Å²) < 4.78 is 25.7. The van der Waals surface area contributed by atoms with Crippen LogP contribution < -0.4 is 30.1 Å². The molecule has 0 rings (SSSR count). The van der Waals surface area contributed by atoms with Crippen molar-refractivity contribution < 1.29 is 77.0 Å². The van der Waals surface area contributed by atoms with E-state index in [0.717, 1.165) is 57.8 Å². The minimum absolute atomic E-state index is 0. The summed E-state index contributed by atoms with van der Waals surface area (Å²) in [5.41, 5.74) is 0. The predicted octanol–water partition coefficient (Wildman–Crippen LogP) is -0.338. The number of likely N-dealkylation sites (N-methyl/N-ethyl adjacent to an activating group) is 1. The average molecular weight is 747 g/mol. The van der Waals surface area contributed by atoms with Gasteiger partial charge in [0.2, 0.25) is 6.79 Å². The van der Waals surface area contributed by atoms with Gasteiger partial charge in [-0.1, -0.05) is 72.5 Å². The molecule has 0 saturated heterocycles. The van der Waals surface area contributed by atoms with Gasteiger partial charge in [-0.15, -0.1) is 0 Å². The quantitative estimate of drug-likeness (QED) is 0.0281. The fourth-order valence-corrected chi connectivity index (χ4v) is 4.28. The molecule has 0 radical (unpaired) electrons. The highest BCUT2D eigenvalue weighted by molar-refractivity contribution is 5.72. The molecule has 14 heteroatoms. The highest BCUT2D eigenvalue weighted by Crippen LogP contribution is 2.14. The van der Waals surface area contributed by atoms with Gasteiger partial charge in [0.05, 0.1) is 20.6 Å². The van der Waals surface area contributed by atoms with Crippen LogP contribution in [0, 0.1) is 0 Å². The zero-order valence-corrected chi connectivity index (χ0v) is 30.7. The summed E-state index contributed by atoms with van der Waals surface area (Å²) in [5.74, 6) is -1.90. The van der Waals surface area contributed by atoms with E-state index in [1.807, 2.05) is 14.1 Å². The summed E-state index contributed by atoms with van der Waals surface area (Å²) in [7, 11) is 3.64. The first kappa shape index (κ1) is 56.0. The van der Waals surface area contributed by atoms with Gasteiger partial charge >= 0.3 is 29.8 Å². The number of nitrogens with zero attached hydrogens (tertiary/aromatic N) is 1. The van der Waals surface area contributed by atoms with Crippen molar-refractivity contribution in [1.29, 1.82) is 0 Å². The van der Waals surface area contributed by atoms with Crippen molar-refractivity contribution in [3.8, 4) is 0 Å². The summed E-state index contributed by atoms with van der Waals surface area (Å²) in [6, 6.07) is 0. The van der Waals surface area contributed by atoms with E-state index in [1.54, 1.807) is 0 Å². The van der Waals surface area contributed by atoms with E-state index in [9.17, 15) is 24.0 Å². The third-order valence-corrected chi connectivity index (χ3v) is 6.85. The SMILES string of the molecule is C.C.CCCCCCC(C/C=C\CCCCCCCC(=O)OCOC(=O)C[N+](C)(C)CCOC(C)=O)OC(=O)CNCCOC(C)=O.[Cl-].[Cl-]. The molecule has 1 unspecified atom stereocenters. The molecule has 0 aliphatic heterocycles. The van der Waals surface area contributed by atoms with E-state index < -0.39 is 18.7 Å². The minimum atomic E-state index is -0.491. The number of halogens is 2. The molecule has 0 aromatic rings. The lowest BCUT2D eigenvalue weighted by Gasteiger charge is -2.28. The Balaban J connectivity index is -0.00000161. The highest BCUT2D eigenvalue weighted by atomic mass is 35.5. The lowest BCUT2D eigenvalue weighted by Crippen LogP contribution is -3.00. The first-order valence-electron chi connectivity index (χ1n) is 16.4. The van der Waals surface area contributed by atoms with E-state index in [-0.39, 0.29) is 101 Å². The van der Waals surface area contributed by atoms with Gasteiger partial charge in [-0.05, 0) is 32.1 Å². The first-order chi connectivity index (χ1) is 21.4. The molecule has 49 heavy (non-hydrogen) atoms. The van der Waals surface area contributed by atoms with Crippen LogP contribution in [0.1, 0.15) is 119 Å². The number of hydrogen-bond donors (Lipinski definition) is 1. The number of nitrogens with one attached hydrogen (secondary N) is 1. The second-order valence-corrected chi connectivity index (χ2v) is 11.8. The fraction of sp³-hybridized carbons (Fsp3) is 0.800. The maximum absolute atomic E-state index is 12.2. The smallest absolute Gasteiger partial charge is 0.364 e. The molecule has 0 amide bonds. The first-order valence-corrected chi connectivity index (χ1v) is 16.4. The molecular weight excluding hydrogens is 679 g/mol. The molecule has 12 nitrogen and oxygen atoms in total. The molecule has 0 aromatic heterocycles. The summed E-state index contributed by atoms with van der Waals surface area (Å²) in [5, 5.41) is 2.94. The molecule has 0 fully saturated rings. The Labute approximate surface area is 309 Å². The van der Waals surface area contributed by atoms with Crippen LogP contribution in [0.4, 0.5) is 0 Å². The Morgan fingerprint density at radius 2 is 1.31 bits per heavy atom. The number of carbonyl (C=O) groups is 5. The van der Waals surface area contributed by atoms with Crippen molar-refractivity contribution in [2.75, 3.05) is 60.3 Å². The van der Waals surface area contributed by atoms with E-state index in [4.69, 9.17) is 23.7 Å². The maximum Gasteiger partial charge on any atom is 0.364 e. The Kier molecular flexibility index (Phi) is 42.1. The fourth-order valence-electron chi connectivity index (χ4n) is 4.28. The molecule has 0 aliphatic carbocycles. The number of allylic oxidation sites excluding steroid dienone is 1. The molecule has 1 N–H and O–H groups in total. The molecule has 0 spiro atoms. The molecule has 292 valence electrons. The average Bonchev–Trinajstić information content (AvgIpc) is 2.95. The van der Waals surface area contributed by atoms with Gasteiger partial charge in [0.1, 0.15) is 25.9 Å². The highest BCUT2D eigenvalue weighted by Gasteiger charge is 2.22. The Hall–Kier alpha value is -2.41. The summed E-state index contributed by atoms with van der Waals surface area (Å²) in [6.07, 6.45) is 16.1. The van der Waals surface area contributed by atoms with Crippen LogP contribution in [0.25, 0.3) is 0 Å². The van der Waals surface area contributed by atoms with Crippen LogP contribution >= 0.6 is 0 Å². The number of carbonyl (C=O) groups excluding carboxylic acids is 5. The van der Waals surface area contributed by atoms with Crippen molar-refractivity contribution in [3.05, 3.63) is 12.2 Å². The number of quaternary nitrogens is 1. The van der Waals surface area contributed by atoms with Gasteiger partial charge in [-0.3, -0.25) is 19.2 Å². The van der Waals surface area contributed by atoms with Gasteiger partial charge in [0.15, 0.2) is 6.54 Å². The zero-order chi connectivity index (χ0) is 33.8. The molecule has 1 atom stereocenters. The van der Waals surface area contributed by atoms with E-state index in [0.29, 0.717) is 25.9 Å². The lowest BCUT2D eigenvalue weighted by atomic mass is 10.1. The van der Waals surface area contributed by atoms with Gasteiger partial charge in [-0.2, -0.15) is 0 Å². The minimum Gasteiger partial charge on any atom is -1.00 e. The molecular formula is C35H67Cl2N2O10-. The van der Waals surface area contributed by atoms with Crippen LogP contribution in [0.5, 0.6) is 0 Å². The second kappa shape index (κ2) is 36.9. The third-order valence-electron chi connectivity index (χ3n) is 6.85. The molecule has 0 aliphatic rings. The van der Waals surface area contributed by atoms with E-state index in [1.165, 1.54) is 20.3 Å². The van der Waals surface area contributed by atoms with Crippen molar-refractivity contribution in [2.45, 2.75) is 125 Å². The number of ether oxygens (including phenoxy) is 5. The van der Waals surface area contributed by atoms with Crippen LogP contribution in [0.15, 0.2) is 12.2 Å². The Morgan fingerprint density at radius 1 is 0.714 bits per heavy atom. The monoisotopic (exact) mass is 745 g/mol. The molecule has 0 heterocycles. The van der Waals surface area contributed by atoms with E-state index >= 15 is 0 Å². The van der Waals surface area contributed by atoms with Crippen molar-refractivity contribution in [1.82, 2.24) is 5.32 Å². The van der Waals surface area contributed by atoms with Gasteiger partial charge in [-0.25, -0.2) is 4.79 Å². The Morgan fingerprint density at radius 3 is 1.96 bits per heavy atom.